The maximum absolute atomic E-state index is 13.1. The zero-order valence-electron chi connectivity index (χ0n) is 10.9. The van der Waals surface area contributed by atoms with Gasteiger partial charge in [-0.15, -0.1) is 0 Å². The molecule has 20 heavy (non-hydrogen) atoms. The van der Waals surface area contributed by atoms with Gasteiger partial charge in [0.15, 0.2) is 0 Å². The molecule has 2 aromatic rings. The van der Waals surface area contributed by atoms with Crippen LogP contribution in [0.2, 0.25) is 5.02 Å². The summed E-state index contributed by atoms with van der Waals surface area (Å²) >= 11 is 5.65. The Kier molecular flexibility index (Phi) is 4.01. The highest BCUT2D eigenvalue weighted by Gasteiger charge is 2.20. The van der Waals surface area contributed by atoms with Gasteiger partial charge in [0.2, 0.25) is 10.0 Å². The molecular weight excluding hydrogens is 305 g/mol. The molecule has 108 valence electrons. The Hall–Kier alpha value is -1.60. The zero-order chi connectivity index (χ0) is 14.9. The van der Waals surface area contributed by atoms with Gasteiger partial charge in [-0.2, -0.15) is 5.10 Å². The van der Waals surface area contributed by atoms with Gasteiger partial charge >= 0.3 is 0 Å². The van der Waals surface area contributed by atoms with Crippen LogP contribution < -0.4 is 4.31 Å². The van der Waals surface area contributed by atoms with Crippen molar-refractivity contribution in [2.24, 2.45) is 7.05 Å². The van der Waals surface area contributed by atoms with Gasteiger partial charge in [0, 0.05) is 20.3 Å². The van der Waals surface area contributed by atoms with Gasteiger partial charge < -0.3 is 0 Å². The summed E-state index contributed by atoms with van der Waals surface area (Å²) in [5.74, 6) is -0.841. The van der Waals surface area contributed by atoms with Gasteiger partial charge in [-0.3, -0.25) is 8.99 Å². The van der Waals surface area contributed by atoms with E-state index in [0.717, 1.165) is 10.4 Å². The lowest BCUT2D eigenvalue weighted by molar-refractivity contribution is 0.593. The summed E-state index contributed by atoms with van der Waals surface area (Å²) in [7, 11) is -0.444. The molecule has 0 aliphatic heterocycles. The zero-order valence-corrected chi connectivity index (χ0v) is 12.5. The minimum atomic E-state index is -3.58. The third kappa shape index (κ3) is 3.10. The molecule has 1 heterocycles. The van der Waals surface area contributed by atoms with Crippen molar-refractivity contribution in [2.75, 3.05) is 11.4 Å². The molecule has 0 saturated heterocycles. The van der Waals surface area contributed by atoms with E-state index in [4.69, 9.17) is 11.6 Å². The van der Waals surface area contributed by atoms with E-state index < -0.39 is 15.8 Å². The van der Waals surface area contributed by atoms with Crippen molar-refractivity contribution in [2.45, 2.75) is 5.75 Å². The lowest BCUT2D eigenvalue weighted by atomic mass is 10.2. The first-order chi connectivity index (χ1) is 9.29. The number of hydrogen-bond donors (Lipinski definition) is 0. The van der Waals surface area contributed by atoms with Crippen molar-refractivity contribution in [3.8, 4) is 0 Å². The summed E-state index contributed by atoms with van der Waals surface area (Å²) in [6.45, 7) is 0. The molecule has 2 rings (SSSR count). The number of rotatable bonds is 4. The molecule has 0 saturated carbocycles. The summed E-state index contributed by atoms with van der Waals surface area (Å²) in [6, 6.07) is 3.86. The maximum atomic E-state index is 13.1. The van der Waals surface area contributed by atoms with Gasteiger partial charge in [0.25, 0.3) is 0 Å². The maximum Gasteiger partial charge on any atom is 0.239 e. The summed E-state index contributed by atoms with van der Waals surface area (Å²) in [4.78, 5) is 0. The van der Waals surface area contributed by atoms with Crippen LogP contribution in [-0.2, 0) is 22.8 Å². The molecule has 0 spiro atoms. The van der Waals surface area contributed by atoms with Crippen LogP contribution in [0.3, 0.4) is 0 Å². The van der Waals surface area contributed by atoms with E-state index in [9.17, 15) is 12.8 Å². The molecule has 0 radical (unpaired) electrons. The van der Waals surface area contributed by atoms with Crippen molar-refractivity contribution in [3.63, 3.8) is 0 Å². The van der Waals surface area contributed by atoms with E-state index in [0.29, 0.717) is 11.3 Å². The quantitative estimate of drug-likeness (QED) is 0.868. The van der Waals surface area contributed by atoms with Crippen LogP contribution in [0.4, 0.5) is 10.1 Å². The van der Waals surface area contributed by atoms with E-state index in [2.05, 4.69) is 5.10 Å². The van der Waals surface area contributed by atoms with Gasteiger partial charge in [-0.05, 0) is 17.7 Å². The van der Waals surface area contributed by atoms with E-state index in [1.54, 1.807) is 13.2 Å². The second-order valence-electron chi connectivity index (χ2n) is 4.34. The first kappa shape index (κ1) is 14.8. The fourth-order valence-electron chi connectivity index (χ4n) is 1.67. The topological polar surface area (TPSA) is 55.2 Å². The molecule has 5 nitrogen and oxygen atoms in total. The second kappa shape index (κ2) is 5.41. The molecule has 0 N–H and O–H groups in total. The molecule has 1 aromatic carbocycles. The SMILES string of the molecule is CN(c1cnn(C)c1)S(=O)(=O)Cc1ccc(F)c(Cl)c1. The predicted molar refractivity (Wildman–Crippen MR) is 75.6 cm³/mol. The summed E-state index contributed by atoms with van der Waals surface area (Å²) in [6.07, 6.45) is 3.05. The number of benzene rings is 1. The second-order valence-corrected chi connectivity index (χ2v) is 6.75. The Morgan fingerprint density at radius 1 is 1.45 bits per heavy atom. The lowest BCUT2D eigenvalue weighted by Gasteiger charge is -2.17. The number of aryl methyl sites for hydroxylation is 1. The number of nitrogens with zero attached hydrogens (tertiary/aromatic N) is 3. The van der Waals surface area contributed by atoms with Gasteiger partial charge in [0.1, 0.15) is 5.82 Å². The monoisotopic (exact) mass is 317 g/mol. The van der Waals surface area contributed by atoms with Crippen LogP contribution in [-0.4, -0.2) is 25.2 Å². The van der Waals surface area contributed by atoms with Crippen LogP contribution in [0.5, 0.6) is 0 Å². The molecule has 0 unspecified atom stereocenters. The summed E-state index contributed by atoms with van der Waals surface area (Å²) in [5.41, 5.74) is 0.882. The highest BCUT2D eigenvalue weighted by molar-refractivity contribution is 7.92. The Labute approximate surface area is 121 Å². The molecule has 0 aliphatic carbocycles. The lowest BCUT2D eigenvalue weighted by Crippen LogP contribution is -2.27. The molecule has 0 fully saturated rings. The third-order valence-electron chi connectivity index (χ3n) is 2.81. The Balaban J connectivity index is 2.24. The fraction of sp³-hybridized carbons (Fsp3) is 0.250. The Morgan fingerprint density at radius 2 is 2.15 bits per heavy atom. The van der Waals surface area contributed by atoms with Crippen molar-refractivity contribution < 1.29 is 12.8 Å². The van der Waals surface area contributed by atoms with Crippen LogP contribution in [0.1, 0.15) is 5.56 Å². The molecular formula is C12H13ClFN3O2S. The van der Waals surface area contributed by atoms with E-state index in [-0.39, 0.29) is 10.8 Å². The van der Waals surface area contributed by atoms with Crippen molar-refractivity contribution in [1.29, 1.82) is 0 Å². The molecule has 8 heteroatoms. The smallest absolute Gasteiger partial charge is 0.239 e. The average molecular weight is 318 g/mol. The number of halogens is 2. The number of aromatic nitrogens is 2. The van der Waals surface area contributed by atoms with Gasteiger partial charge in [-0.1, -0.05) is 17.7 Å². The van der Waals surface area contributed by atoms with E-state index >= 15 is 0 Å². The Bertz CT molecular complexity index is 730. The molecule has 1 aromatic heterocycles. The molecule has 0 bridgehead atoms. The van der Waals surface area contributed by atoms with Gasteiger partial charge in [0.05, 0.1) is 22.7 Å². The van der Waals surface area contributed by atoms with E-state index in [1.165, 1.54) is 30.1 Å². The van der Waals surface area contributed by atoms with Crippen LogP contribution in [0.25, 0.3) is 0 Å². The van der Waals surface area contributed by atoms with Crippen LogP contribution >= 0.6 is 11.6 Å². The minimum Gasteiger partial charge on any atom is -0.274 e. The summed E-state index contributed by atoms with van der Waals surface area (Å²) in [5, 5.41) is 3.83. The number of sulfonamides is 1. The predicted octanol–water partition coefficient (Wildman–Crippen LogP) is 2.18. The fourth-order valence-corrected chi connectivity index (χ4v) is 3.08. The normalized spacial score (nSPS) is 11.6. The first-order valence-electron chi connectivity index (χ1n) is 5.69. The standard InChI is InChI=1S/C12H13ClFN3O2S/c1-16-7-10(6-15-16)17(2)20(18,19)8-9-3-4-12(14)11(13)5-9/h3-7H,8H2,1-2H3. The van der Waals surface area contributed by atoms with Gasteiger partial charge in [-0.25, -0.2) is 12.8 Å². The van der Waals surface area contributed by atoms with Crippen molar-refractivity contribution >= 4 is 27.3 Å². The molecule has 0 aliphatic rings. The van der Waals surface area contributed by atoms with Crippen molar-refractivity contribution in [3.05, 3.63) is 47.0 Å². The molecule has 0 amide bonds. The highest BCUT2D eigenvalue weighted by Crippen LogP contribution is 2.21. The summed E-state index contributed by atoms with van der Waals surface area (Å²) < 4.78 is 40.2. The third-order valence-corrected chi connectivity index (χ3v) is 4.84. The highest BCUT2D eigenvalue weighted by atomic mass is 35.5. The Morgan fingerprint density at radius 3 is 2.70 bits per heavy atom. The molecule has 0 atom stereocenters. The largest absolute Gasteiger partial charge is 0.274 e. The van der Waals surface area contributed by atoms with Crippen LogP contribution in [0.15, 0.2) is 30.6 Å². The minimum absolute atomic E-state index is 0.0956. The van der Waals surface area contributed by atoms with E-state index in [1.807, 2.05) is 0 Å². The average Bonchev–Trinajstić information content (AvgIpc) is 2.79. The first-order valence-corrected chi connectivity index (χ1v) is 7.67. The number of hydrogen-bond acceptors (Lipinski definition) is 3. The van der Waals surface area contributed by atoms with Crippen LogP contribution in [0, 0.1) is 5.82 Å². The van der Waals surface area contributed by atoms with Crippen molar-refractivity contribution in [1.82, 2.24) is 9.78 Å². The number of anilines is 1.